The molecule has 0 unspecified atom stereocenters. The van der Waals surface area contributed by atoms with E-state index in [9.17, 15) is 4.79 Å². The fourth-order valence-corrected chi connectivity index (χ4v) is 3.34. The molecule has 0 radical (unpaired) electrons. The summed E-state index contributed by atoms with van der Waals surface area (Å²) in [4.78, 5) is 23.0. The number of nitrogens with one attached hydrogen (secondary N) is 1. The Balaban J connectivity index is 1.51. The van der Waals surface area contributed by atoms with E-state index in [1.165, 1.54) is 0 Å². The Bertz CT molecular complexity index is 907. The fraction of sp³-hybridized carbons (Fsp3) is 0.263. The molecule has 7 nitrogen and oxygen atoms in total. The summed E-state index contributed by atoms with van der Waals surface area (Å²) in [5.74, 6) is 0.638. The summed E-state index contributed by atoms with van der Waals surface area (Å²) >= 11 is 0. The second-order valence-electron chi connectivity index (χ2n) is 6.38. The smallest absolute Gasteiger partial charge is 0.317 e. The molecule has 7 heteroatoms. The van der Waals surface area contributed by atoms with Crippen molar-refractivity contribution in [3.63, 3.8) is 0 Å². The van der Waals surface area contributed by atoms with Crippen molar-refractivity contribution in [3.8, 4) is 11.4 Å². The molecule has 0 spiro atoms. The standard InChI is InChI=1S/C19H20N6O/c1-24-13-21-18(23-24)15-4-2-5-16(12-15)22-19(26)25-11-3-6-17(25)14-7-9-20-10-8-14/h2,4-5,7-10,12-13,17H,3,6,11H2,1H3,(H,22,26)/t17-/m0/s1. The average molecular weight is 348 g/mol. The van der Waals surface area contributed by atoms with E-state index in [1.807, 2.05) is 48.3 Å². The second kappa shape index (κ2) is 6.95. The molecule has 1 atom stereocenters. The molecule has 0 saturated carbocycles. The summed E-state index contributed by atoms with van der Waals surface area (Å²) in [6, 6.07) is 11.6. The Morgan fingerprint density at radius 2 is 2.08 bits per heavy atom. The predicted molar refractivity (Wildman–Crippen MR) is 98.4 cm³/mol. The highest BCUT2D eigenvalue weighted by atomic mass is 16.2. The lowest BCUT2D eigenvalue weighted by atomic mass is 10.1. The molecule has 3 heterocycles. The zero-order valence-corrected chi connectivity index (χ0v) is 14.5. The Kier molecular flexibility index (Phi) is 4.35. The van der Waals surface area contributed by atoms with Crippen LogP contribution in [-0.4, -0.2) is 37.2 Å². The molecule has 1 fully saturated rings. The summed E-state index contributed by atoms with van der Waals surface area (Å²) < 4.78 is 1.66. The van der Waals surface area contributed by atoms with Gasteiger partial charge in [0.25, 0.3) is 0 Å². The number of urea groups is 1. The quantitative estimate of drug-likeness (QED) is 0.788. The second-order valence-corrected chi connectivity index (χ2v) is 6.38. The molecule has 0 aliphatic carbocycles. The molecule has 1 N–H and O–H groups in total. The van der Waals surface area contributed by atoms with Crippen LogP contribution >= 0.6 is 0 Å². The van der Waals surface area contributed by atoms with Crippen molar-refractivity contribution in [1.29, 1.82) is 0 Å². The number of hydrogen-bond acceptors (Lipinski definition) is 4. The first-order valence-electron chi connectivity index (χ1n) is 8.64. The number of aromatic nitrogens is 4. The number of benzene rings is 1. The van der Waals surface area contributed by atoms with E-state index in [4.69, 9.17) is 0 Å². The highest BCUT2D eigenvalue weighted by Gasteiger charge is 2.29. The lowest BCUT2D eigenvalue weighted by Gasteiger charge is -2.25. The van der Waals surface area contributed by atoms with Gasteiger partial charge in [-0.1, -0.05) is 12.1 Å². The van der Waals surface area contributed by atoms with Crippen LogP contribution in [0, 0.1) is 0 Å². The summed E-state index contributed by atoms with van der Waals surface area (Å²) in [6.45, 7) is 0.750. The van der Waals surface area contributed by atoms with E-state index in [0.29, 0.717) is 5.82 Å². The number of rotatable bonds is 3. The minimum atomic E-state index is -0.0876. The molecule has 0 bridgehead atoms. The molecular formula is C19H20N6O. The van der Waals surface area contributed by atoms with Crippen LogP contribution in [0.5, 0.6) is 0 Å². The number of pyridine rings is 1. The van der Waals surface area contributed by atoms with Gasteiger partial charge in [0.1, 0.15) is 6.33 Å². The Labute approximate surface area is 151 Å². The highest BCUT2D eigenvalue weighted by Crippen LogP contribution is 2.32. The van der Waals surface area contributed by atoms with E-state index in [2.05, 4.69) is 20.4 Å². The van der Waals surface area contributed by atoms with Crippen molar-refractivity contribution in [2.75, 3.05) is 11.9 Å². The number of carbonyl (C=O) groups excluding carboxylic acids is 1. The Morgan fingerprint density at radius 1 is 1.23 bits per heavy atom. The maximum atomic E-state index is 12.8. The third-order valence-corrected chi connectivity index (χ3v) is 4.58. The number of carbonyl (C=O) groups is 1. The normalized spacial score (nSPS) is 16.7. The van der Waals surface area contributed by atoms with Gasteiger partial charge in [-0.25, -0.2) is 9.78 Å². The van der Waals surface area contributed by atoms with Gasteiger partial charge in [-0.2, -0.15) is 5.10 Å². The van der Waals surface area contributed by atoms with Crippen molar-refractivity contribution in [1.82, 2.24) is 24.6 Å². The lowest BCUT2D eigenvalue weighted by molar-refractivity contribution is 0.207. The zero-order chi connectivity index (χ0) is 17.9. The minimum absolute atomic E-state index is 0.0876. The van der Waals surface area contributed by atoms with Crippen LogP contribution in [0.25, 0.3) is 11.4 Å². The maximum absolute atomic E-state index is 12.8. The molecule has 26 heavy (non-hydrogen) atoms. The van der Waals surface area contributed by atoms with Crippen molar-refractivity contribution in [2.45, 2.75) is 18.9 Å². The maximum Gasteiger partial charge on any atom is 0.322 e. The first kappa shape index (κ1) is 16.3. The van der Waals surface area contributed by atoms with Crippen LogP contribution in [0.3, 0.4) is 0 Å². The SMILES string of the molecule is Cn1cnc(-c2cccc(NC(=O)N3CCC[C@H]3c3ccncc3)c2)n1. The average Bonchev–Trinajstić information content (AvgIpc) is 3.32. The molecule has 1 aliphatic rings. The number of hydrogen-bond donors (Lipinski definition) is 1. The molecule has 1 aliphatic heterocycles. The van der Waals surface area contributed by atoms with Crippen molar-refractivity contribution >= 4 is 11.7 Å². The zero-order valence-electron chi connectivity index (χ0n) is 14.5. The molecule has 2 aromatic heterocycles. The molecular weight excluding hydrogens is 328 g/mol. The van der Waals surface area contributed by atoms with Crippen LogP contribution in [0.4, 0.5) is 10.5 Å². The topological polar surface area (TPSA) is 75.9 Å². The number of likely N-dealkylation sites (tertiary alicyclic amines) is 1. The van der Waals surface area contributed by atoms with Gasteiger partial charge < -0.3 is 10.2 Å². The van der Waals surface area contributed by atoms with Gasteiger partial charge in [0.15, 0.2) is 5.82 Å². The number of anilines is 1. The van der Waals surface area contributed by atoms with Crippen LogP contribution < -0.4 is 5.32 Å². The van der Waals surface area contributed by atoms with Crippen LogP contribution in [0.15, 0.2) is 55.1 Å². The highest BCUT2D eigenvalue weighted by molar-refractivity contribution is 5.90. The Hall–Kier alpha value is -3.22. The van der Waals surface area contributed by atoms with Crippen molar-refractivity contribution in [2.24, 2.45) is 7.05 Å². The van der Waals surface area contributed by atoms with Crippen molar-refractivity contribution < 1.29 is 4.79 Å². The Morgan fingerprint density at radius 3 is 2.85 bits per heavy atom. The summed E-state index contributed by atoms with van der Waals surface area (Å²) in [6.07, 6.45) is 7.16. The van der Waals surface area contributed by atoms with Gasteiger partial charge in [0.2, 0.25) is 0 Å². The van der Waals surface area contributed by atoms with Gasteiger partial charge in [0, 0.05) is 37.2 Å². The van der Waals surface area contributed by atoms with E-state index < -0.39 is 0 Å². The first-order valence-corrected chi connectivity index (χ1v) is 8.64. The fourth-order valence-electron chi connectivity index (χ4n) is 3.34. The van der Waals surface area contributed by atoms with Crippen LogP contribution in [0.1, 0.15) is 24.4 Å². The van der Waals surface area contributed by atoms with Crippen molar-refractivity contribution in [3.05, 3.63) is 60.7 Å². The molecule has 132 valence electrons. The minimum Gasteiger partial charge on any atom is -0.317 e. The first-order chi connectivity index (χ1) is 12.7. The van der Waals surface area contributed by atoms with E-state index in [0.717, 1.165) is 36.2 Å². The van der Waals surface area contributed by atoms with Gasteiger partial charge in [0.05, 0.1) is 6.04 Å². The third-order valence-electron chi connectivity index (χ3n) is 4.58. The number of aryl methyl sites for hydroxylation is 1. The van der Waals surface area contributed by atoms with Gasteiger partial charge in [-0.15, -0.1) is 0 Å². The monoisotopic (exact) mass is 348 g/mol. The number of amides is 2. The molecule has 1 saturated heterocycles. The molecule has 4 rings (SSSR count). The van der Waals surface area contributed by atoms with Gasteiger partial charge in [-0.05, 0) is 42.7 Å². The summed E-state index contributed by atoms with van der Waals surface area (Å²) in [5, 5.41) is 7.32. The summed E-state index contributed by atoms with van der Waals surface area (Å²) in [5.41, 5.74) is 2.73. The van der Waals surface area contributed by atoms with Crippen LogP contribution in [-0.2, 0) is 7.05 Å². The van der Waals surface area contributed by atoms with E-state index >= 15 is 0 Å². The molecule has 1 aromatic carbocycles. The molecule has 2 amide bonds. The van der Waals surface area contributed by atoms with Crippen LogP contribution in [0.2, 0.25) is 0 Å². The largest absolute Gasteiger partial charge is 0.322 e. The van der Waals surface area contributed by atoms with E-state index in [-0.39, 0.29) is 12.1 Å². The third kappa shape index (κ3) is 3.28. The number of nitrogens with zero attached hydrogens (tertiary/aromatic N) is 5. The predicted octanol–water partition coefficient (Wildman–Crippen LogP) is 3.25. The molecule has 3 aromatic rings. The van der Waals surface area contributed by atoms with Gasteiger partial charge >= 0.3 is 6.03 Å². The summed E-state index contributed by atoms with van der Waals surface area (Å²) in [7, 11) is 1.83. The van der Waals surface area contributed by atoms with Gasteiger partial charge in [-0.3, -0.25) is 9.67 Å². The van der Waals surface area contributed by atoms with E-state index in [1.54, 1.807) is 23.4 Å². The lowest BCUT2D eigenvalue weighted by Crippen LogP contribution is -2.34.